The predicted molar refractivity (Wildman–Crippen MR) is 61.8 cm³/mol. The van der Waals surface area contributed by atoms with Crippen molar-refractivity contribution in [1.82, 2.24) is 4.98 Å². The van der Waals surface area contributed by atoms with E-state index in [1.54, 1.807) is 11.3 Å². The summed E-state index contributed by atoms with van der Waals surface area (Å²) in [6, 6.07) is 2.14. The van der Waals surface area contributed by atoms with Gasteiger partial charge in [-0.15, -0.1) is 11.3 Å². The lowest BCUT2D eigenvalue weighted by molar-refractivity contribution is 0.572. The number of aromatic nitrogens is 1. The Hall–Kier alpha value is -0.610. The highest BCUT2D eigenvalue weighted by molar-refractivity contribution is 9.08. The molecule has 0 aliphatic carbocycles. The van der Waals surface area contributed by atoms with Gasteiger partial charge in [-0.05, 0) is 23.4 Å². The molecule has 0 aromatic carbocycles. The summed E-state index contributed by atoms with van der Waals surface area (Å²) in [5.74, 6) is 0.911. The molecule has 0 radical (unpaired) electrons. The molecule has 74 valence electrons. The molecule has 2 nitrogen and oxygen atoms in total. The zero-order valence-corrected chi connectivity index (χ0v) is 10.2. The highest BCUT2D eigenvalue weighted by Gasteiger charge is 2.13. The van der Waals surface area contributed by atoms with E-state index in [0.29, 0.717) is 0 Å². The van der Waals surface area contributed by atoms with Gasteiger partial charge >= 0.3 is 0 Å². The summed E-state index contributed by atoms with van der Waals surface area (Å²) >= 11 is 5.11. The summed E-state index contributed by atoms with van der Waals surface area (Å²) in [6.07, 6.45) is 2.53. The third-order valence-corrected chi connectivity index (χ3v) is 3.59. The Morgan fingerprint density at radius 2 is 2.43 bits per heavy atom. The molecule has 0 saturated carbocycles. The highest BCUT2D eigenvalue weighted by atomic mass is 79.9. The van der Waals surface area contributed by atoms with Gasteiger partial charge in [-0.3, -0.25) is 0 Å². The number of aryl methyl sites for hydroxylation is 1. The number of nitrogens with zero attached hydrogens (tertiary/aromatic N) is 1. The third-order valence-electron chi connectivity index (χ3n) is 2.10. The number of hydrogen-bond donors (Lipinski definition) is 0. The zero-order valence-electron chi connectivity index (χ0n) is 7.79. The van der Waals surface area contributed by atoms with Gasteiger partial charge in [0.25, 0.3) is 0 Å². The Bertz CT molecular complexity index is 381. The molecule has 0 aliphatic rings. The van der Waals surface area contributed by atoms with Gasteiger partial charge in [0.05, 0.1) is 10.6 Å². The van der Waals surface area contributed by atoms with E-state index in [9.17, 15) is 0 Å². The van der Waals surface area contributed by atoms with Gasteiger partial charge in [0.15, 0.2) is 12.2 Å². The smallest absolute Gasteiger partial charge is 0.181 e. The molecular formula is C10H10BrNOS. The van der Waals surface area contributed by atoms with Crippen molar-refractivity contribution < 1.29 is 4.42 Å². The maximum Gasteiger partial charge on any atom is 0.181 e. The lowest BCUT2D eigenvalue weighted by Crippen LogP contribution is -1.83. The summed E-state index contributed by atoms with van der Waals surface area (Å²) < 4.78 is 5.41. The van der Waals surface area contributed by atoms with Crippen molar-refractivity contribution in [3.05, 3.63) is 29.1 Å². The maximum absolute atomic E-state index is 5.41. The minimum Gasteiger partial charge on any atom is -0.442 e. The van der Waals surface area contributed by atoms with Crippen LogP contribution in [0.25, 0.3) is 10.6 Å². The molecule has 0 amide bonds. The van der Waals surface area contributed by atoms with Crippen molar-refractivity contribution in [3.63, 3.8) is 0 Å². The van der Waals surface area contributed by atoms with Crippen LogP contribution in [-0.4, -0.2) is 4.98 Å². The first kappa shape index (κ1) is 9.93. The van der Waals surface area contributed by atoms with Gasteiger partial charge < -0.3 is 4.42 Å². The quantitative estimate of drug-likeness (QED) is 0.793. The highest BCUT2D eigenvalue weighted by Crippen LogP contribution is 2.32. The summed E-state index contributed by atoms with van der Waals surface area (Å²) in [5.41, 5.74) is 2.30. The Kier molecular flexibility index (Phi) is 3.03. The van der Waals surface area contributed by atoms with Gasteiger partial charge in [0.1, 0.15) is 0 Å². The first-order valence-corrected chi connectivity index (χ1v) is 6.42. The summed E-state index contributed by atoms with van der Waals surface area (Å²) in [7, 11) is 0. The first-order valence-electron chi connectivity index (χ1n) is 4.41. The lowest BCUT2D eigenvalue weighted by atomic mass is 10.1. The molecule has 0 saturated heterocycles. The topological polar surface area (TPSA) is 26.0 Å². The molecule has 2 rings (SSSR count). The second-order valence-electron chi connectivity index (χ2n) is 2.89. The van der Waals surface area contributed by atoms with Gasteiger partial charge in [-0.2, -0.15) is 0 Å². The average molecular weight is 272 g/mol. The molecule has 4 heteroatoms. The molecule has 0 N–H and O–H groups in total. The molecule has 2 aromatic rings. The lowest BCUT2D eigenvalue weighted by Gasteiger charge is -1.98. The fourth-order valence-electron chi connectivity index (χ4n) is 1.36. The molecule has 0 fully saturated rings. The zero-order chi connectivity index (χ0) is 9.97. The van der Waals surface area contributed by atoms with Crippen LogP contribution in [0.2, 0.25) is 0 Å². The van der Waals surface area contributed by atoms with Crippen molar-refractivity contribution in [2.75, 3.05) is 0 Å². The second-order valence-corrected chi connectivity index (χ2v) is 4.37. The van der Waals surface area contributed by atoms with Crippen LogP contribution in [0.15, 0.2) is 22.3 Å². The third kappa shape index (κ3) is 1.64. The van der Waals surface area contributed by atoms with E-state index < -0.39 is 0 Å². The number of oxazole rings is 1. The maximum atomic E-state index is 5.41. The first-order chi connectivity index (χ1) is 6.86. The molecule has 14 heavy (non-hydrogen) atoms. The van der Waals surface area contributed by atoms with Crippen molar-refractivity contribution in [2.24, 2.45) is 0 Å². The van der Waals surface area contributed by atoms with Crippen molar-refractivity contribution in [3.8, 4) is 10.6 Å². The van der Waals surface area contributed by atoms with Crippen LogP contribution >= 0.6 is 27.3 Å². The average Bonchev–Trinajstić information content (AvgIpc) is 2.85. The number of hydrogen-bond acceptors (Lipinski definition) is 3. The molecule has 0 aliphatic heterocycles. The van der Waals surface area contributed by atoms with Crippen LogP contribution in [-0.2, 0) is 11.8 Å². The monoisotopic (exact) mass is 271 g/mol. The molecule has 0 unspecified atom stereocenters. The van der Waals surface area contributed by atoms with E-state index in [1.165, 1.54) is 16.8 Å². The van der Waals surface area contributed by atoms with Crippen molar-refractivity contribution >= 4 is 27.3 Å². The summed E-state index contributed by atoms with van der Waals surface area (Å²) in [5, 5.41) is 2.83. The Labute approximate surface area is 95.1 Å². The van der Waals surface area contributed by atoms with Gasteiger partial charge in [0.2, 0.25) is 0 Å². The van der Waals surface area contributed by atoms with Crippen LogP contribution in [0.5, 0.6) is 0 Å². The minimum atomic E-state index is 0.736. The number of rotatable bonds is 3. The van der Waals surface area contributed by atoms with Crippen LogP contribution in [0.1, 0.15) is 18.2 Å². The standard InChI is InChI=1S/C10H10BrNOS/c1-2-7-3-4-14-10(7)9-8(5-11)12-6-13-9/h3-4,6H,2,5H2,1H3. The molecule has 2 aromatic heterocycles. The van der Waals surface area contributed by atoms with Gasteiger partial charge in [-0.1, -0.05) is 22.9 Å². The van der Waals surface area contributed by atoms with Crippen LogP contribution < -0.4 is 0 Å². The van der Waals surface area contributed by atoms with Gasteiger partial charge in [-0.25, -0.2) is 4.98 Å². The Balaban J connectivity index is 2.48. The number of thiophene rings is 1. The molecular weight excluding hydrogens is 262 g/mol. The molecule has 0 bridgehead atoms. The van der Waals surface area contributed by atoms with E-state index in [2.05, 4.69) is 39.3 Å². The van der Waals surface area contributed by atoms with E-state index in [0.717, 1.165) is 23.2 Å². The predicted octanol–water partition coefficient (Wildman–Crippen LogP) is 3.86. The Morgan fingerprint density at radius 1 is 1.57 bits per heavy atom. The number of alkyl halides is 1. The van der Waals surface area contributed by atoms with E-state index in [4.69, 9.17) is 4.42 Å². The summed E-state index contributed by atoms with van der Waals surface area (Å²) in [6.45, 7) is 2.15. The van der Waals surface area contributed by atoms with Gasteiger partial charge in [0, 0.05) is 5.33 Å². The van der Waals surface area contributed by atoms with Crippen LogP contribution in [0.4, 0.5) is 0 Å². The number of halogens is 1. The second kappa shape index (κ2) is 4.28. The molecule has 0 spiro atoms. The fourth-order valence-corrected chi connectivity index (χ4v) is 2.77. The van der Waals surface area contributed by atoms with Crippen LogP contribution in [0, 0.1) is 0 Å². The Morgan fingerprint density at radius 3 is 3.14 bits per heavy atom. The van der Waals surface area contributed by atoms with E-state index in [-0.39, 0.29) is 0 Å². The molecule has 2 heterocycles. The van der Waals surface area contributed by atoms with E-state index in [1.807, 2.05) is 0 Å². The normalized spacial score (nSPS) is 10.7. The van der Waals surface area contributed by atoms with Crippen molar-refractivity contribution in [2.45, 2.75) is 18.7 Å². The largest absolute Gasteiger partial charge is 0.442 e. The minimum absolute atomic E-state index is 0.736. The van der Waals surface area contributed by atoms with Crippen LogP contribution in [0.3, 0.4) is 0 Å². The summed E-state index contributed by atoms with van der Waals surface area (Å²) in [4.78, 5) is 5.37. The van der Waals surface area contributed by atoms with E-state index >= 15 is 0 Å². The fraction of sp³-hybridized carbons (Fsp3) is 0.300. The SMILES string of the molecule is CCc1ccsc1-c1ocnc1CBr. The van der Waals surface area contributed by atoms with Crippen molar-refractivity contribution in [1.29, 1.82) is 0 Å². The molecule has 0 atom stereocenters.